The number of guanidine groups is 1. The summed E-state index contributed by atoms with van der Waals surface area (Å²) in [6, 6.07) is 4.08. The second-order valence-corrected chi connectivity index (χ2v) is 7.88. The molecule has 0 aromatic carbocycles. The molecule has 0 aliphatic carbocycles. The van der Waals surface area contributed by atoms with Gasteiger partial charge in [-0.1, -0.05) is 6.07 Å². The number of aliphatic imine (C=N–C) groups is 1. The Morgan fingerprint density at radius 2 is 2.10 bits per heavy atom. The van der Waals surface area contributed by atoms with Gasteiger partial charge in [0.25, 0.3) is 0 Å². The lowest BCUT2D eigenvalue weighted by Gasteiger charge is -2.23. The van der Waals surface area contributed by atoms with Crippen molar-refractivity contribution in [3.05, 3.63) is 52.0 Å². The Labute approximate surface area is 191 Å². The summed E-state index contributed by atoms with van der Waals surface area (Å²) in [5.74, 6) is 2.21. The number of halogens is 1. The Kier molecular flexibility index (Phi) is 8.16. The second-order valence-electron chi connectivity index (χ2n) is 6.85. The van der Waals surface area contributed by atoms with E-state index in [1.54, 1.807) is 35.3 Å². The average molecular weight is 530 g/mol. The summed E-state index contributed by atoms with van der Waals surface area (Å²) in [5.41, 5.74) is -0.342. The third-order valence-electron chi connectivity index (χ3n) is 4.50. The normalized spacial score (nSPS) is 13.6. The predicted octanol–water partition coefficient (Wildman–Crippen LogP) is 1.68. The van der Waals surface area contributed by atoms with E-state index in [2.05, 4.69) is 37.0 Å². The van der Waals surface area contributed by atoms with Gasteiger partial charge >= 0.3 is 0 Å². The Morgan fingerprint density at radius 3 is 2.69 bits per heavy atom. The molecule has 3 rings (SSSR count). The van der Waals surface area contributed by atoms with Crippen LogP contribution in [0.3, 0.4) is 0 Å². The zero-order valence-electron chi connectivity index (χ0n) is 17.0. The van der Waals surface area contributed by atoms with E-state index in [-0.39, 0.29) is 30.5 Å². The van der Waals surface area contributed by atoms with E-state index < -0.39 is 5.60 Å². The molecule has 11 heteroatoms. The van der Waals surface area contributed by atoms with Crippen molar-refractivity contribution in [2.75, 3.05) is 6.54 Å². The quantitative estimate of drug-likeness (QED) is 0.244. The SMILES string of the molecule is Cc1nnc(CN=C(NCc2cccs2)NCC(C)(O)c2cnn(C)c2)n1C.I. The maximum absolute atomic E-state index is 10.8. The molecule has 3 aromatic heterocycles. The van der Waals surface area contributed by atoms with Gasteiger partial charge in [-0.3, -0.25) is 4.68 Å². The lowest BCUT2D eigenvalue weighted by Crippen LogP contribution is -2.44. The van der Waals surface area contributed by atoms with Gasteiger partial charge in [-0.25, -0.2) is 4.99 Å². The van der Waals surface area contributed by atoms with E-state index in [0.717, 1.165) is 17.2 Å². The van der Waals surface area contributed by atoms with Gasteiger partial charge in [0, 0.05) is 30.7 Å². The van der Waals surface area contributed by atoms with Crippen LogP contribution in [0.1, 0.15) is 29.0 Å². The highest BCUT2D eigenvalue weighted by Gasteiger charge is 2.25. The van der Waals surface area contributed by atoms with E-state index >= 15 is 0 Å². The summed E-state index contributed by atoms with van der Waals surface area (Å²) in [4.78, 5) is 5.81. The molecule has 0 radical (unpaired) electrons. The largest absolute Gasteiger partial charge is 0.383 e. The first-order valence-electron chi connectivity index (χ1n) is 8.96. The molecule has 3 aromatic rings. The van der Waals surface area contributed by atoms with Crippen LogP contribution in [0.5, 0.6) is 0 Å². The summed E-state index contributed by atoms with van der Waals surface area (Å²) >= 11 is 1.68. The van der Waals surface area contributed by atoms with Crippen molar-refractivity contribution in [3.8, 4) is 0 Å². The molecule has 0 saturated heterocycles. The van der Waals surface area contributed by atoms with Crippen LogP contribution in [0.4, 0.5) is 0 Å². The van der Waals surface area contributed by atoms with Gasteiger partial charge in [0.15, 0.2) is 11.8 Å². The van der Waals surface area contributed by atoms with Crippen molar-refractivity contribution in [2.45, 2.75) is 32.5 Å². The van der Waals surface area contributed by atoms with E-state index in [0.29, 0.717) is 19.0 Å². The molecule has 0 aliphatic heterocycles. The van der Waals surface area contributed by atoms with Crippen LogP contribution >= 0.6 is 35.3 Å². The molecule has 9 nitrogen and oxygen atoms in total. The van der Waals surface area contributed by atoms with Crippen molar-refractivity contribution < 1.29 is 5.11 Å². The van der Waals surface area contributed by atoms with Crippen LogP contribution in [0.15, 0.2) is 34.9 Å². The summed E-state index contributed by atoms with van der Waals surface area (Å²) in [6.45, 7) is 4.97. The minimum Gasteiger partial charge on any atom is -0.383 e. The minimum atomic E-state index is -1.08. The number of aryl methyl sites for hydroxylation is 2. The van der Waals surface area contributed by atoms with Crippen LogP contribution in [0, 0.1) is 6.92 Å². The molecule has 0 saturated carbocycles. The molecule has 0 bridgehead atoms. The molecular formula is C18H27IN8OS. The lowest BCUT2D eigenvalue weighted by molar-refractivity contribution is 0.0616. The van der Waals surface area contributed by atoms with Gasteiger partial charge in [0.05, 0.1) is 19.3 Å². The van der Waals surface area contributed by atoms with Gasteiger partial charge in [-0.15, -0.1) is 45.5 Å². The van der Waals surface area contributed by atoms with Crippen molar-refractivity contribution in [2.24, 2.45) is 19.1 Å². The van der Waals surface area contributed by atoms with E-state index in [9.17, 15) is 5.11 Å². The summed E-state index contributed by atoms with van der Waals surface area (Å²) in [6.07, 6.45) is 3.47. The van der Waals surface area contributed by atoms with Gasteiger partial charge in [0.1, 0.15) is 18.0 Å². The number of hydrogen-bond donors (Lipinski definition) is 3. The first-order valence-corrected chi connectivity index (χ1v) is 9.84. The van der Waals surface area contributed by atoms with Crippen LogP contribution in [0.2, 0.25) is 0 Å². The summed E-state index contributed by atoms with van der Waals surface area (Å²) in [5, 5.41) is 31.7. The molecular weight excluding hydrogens is 503 g/mol. The third kappa shape index (κ3) is 6.24. The molecule has 0 aliphatic rings. The summed E-state index contributed by atoms with van der Waals surface area (Å²) in [7, 11) is 3.74. The number of aromatic nitrogens is 5. The fourth-order valence-corrected chi connectivity index (χ4v) is 3.20. The van der Waals surface area contributed by atoms with Crippen LogP contribution in [-0.4, -0.2) is 42.2 Å². The van der Waals surface area contributed by atoms with Crippen molar-refractivity contribution in [3.63, 3.8) is 0 Å². The molecule has 0 spiro atoms. The monoisotopic (exact) mass is 530 g/mol. The zero-order valence-corrected chi connectivity index (χ0v) is 20.1. The molecule has 3 heterocycles. The van der Waals surface area contributed by atoms with E-state index in [4.69, 9.17) is 0 Å². The topological polar surface area (TPSA) is 105 Å². The minimum absolute atomic E-state index is 0. The first kappa shape index (κ1) is 23.3. The molecule has 29 heavy (non-hydrogen) atoms. The Morgan fingerprint density at radius 1 is 1.31 bits per heavy atom. The van der Waals surface area contributed by atoms with Crippen LogP contribution in [-0.2, 0) is 32.8 Å². The van der Waals surface area contributed by atoms with Gasteiger partial charge in [0.2, 0.25) is 0 Å². The van der Waals surface area contributed by atoms with E-state index in [1.807, 2.05) is 37.0 Å². The van der Waals surface area contributed by atoms with Crippen molar-refractivity contribution in [1.82, 2.24) is 35.2 Å². The fourth-order valence-electron chi connectivity index (χ4n) is 2.55. The number of nitrogens with one attached hydrogen (secondary N) is 2. The Balaban J connectivity index is 0.00000300. The third-order valence-corrected chi connectivity index (χ3v) is 5.37. The highest BCUT2D eigenvalue weighted by Crippen LogP contribution is 2.18. The molecule has 158 valence electrons. The van der Waals surface area contributed by atoms with Crippen molar-refractivity contribution in [1.29, 1.82) is 0 Å². The Bertz CT molecular complexity index is 932. The smallest absolute Gasteiger partial charge is 0.192 e. The second kappa shape index (κ2) is 10.2. The molecule has 0 fully saturated rings. The zero-order chi connectivity index (χ0) is 20.1. The predicted molar refractivity (Wildman–Crippen MR) is 124 cm³/mol. The number of rotatable bonds is 7. The number of hydrogen-bond acceptors (Lipinski definition) is 6. The number of thiophene rings is 1. The first-order chi connectivity index (χ1) is 13.3. The van der Waals surface area contributed by atoms with Gasteiger partial charge < -0.3 is 20.3 Å². The fraction of sp³-hybridized carbons (Fsp3) is 0.444. The van der Waals surface area contributed by atoms with Crippen molar-refractivity contribution >= 4 is 41.3 Å². The van der Waals surface area contributed by atoms with Gasteiger partial charge in [-0.05, 0) is 25.3 Å². The van der Waals surface area contributed by atoms with Gasteiger partial charge in [-0.2, -0.15) is 5.10 Å². The molecule has 1 atom stereocenters. The summed E-state index contributed by atoms with van der Waals surface area (Å²) < 4.78 is 3.58. The average Bonchev–Trinajstić information content (AvgIpc) is 3.39. The number of nitrogens with zero attached hydrogens (tertiary/aromatic N) is 6. The highest BCUT2D eigenvalue weighted by molar-refractivity contribution is 14.0. The van der Waals surface area contributed by atoms with Crippen LogP contribution in [0.25, 0.3) is 0 Å². The molecule has 1 unspecified atom stereocenters. The lowest BCUT2D eigenvalue weighted by atomic mass is 10.00. The molecule has 3 N–H and O–H groups in total. The maximum Gasteiger partial charge on any atom is 0.192 e. The molecule has 0 amide bonds. The number of aliphatic hydroxyl groups is 1. The Hall–Kier alpha value is -1.99. The standard InChI is InChI=1S/C18H26N8OS.HI/c1-13-23-24-16(26(13)4)10-20-17(19-9-15-6-5-7-28-15)21-12-18(2,27)14-8-22-25(3)11-14;/h5-8,11,27H,9-10,12H2,1-4H3,(H2,19,20,21);1H. The maximum atomic E-state index is 10.8. The van der Waals surface area contributed by atoms with Crippen LogP contribution < -0.4 is 10.6 Å². The van der Waals surface area contributed by atoms with E-state index in [1.165, 1.54) is 4.88 Å². The highest BCUT2D eigenvalue weighted by atomic mass is 127.